The van der Waals surface area contributed by atoms with Gasteiger partial charge in [-0.3, -0.25) is 0 Å². The Morgan fingerprint density at radius 3 is 2.38 bits per heavy atom. The van der Waals surface area contributed by atoms with E-state index in [4.69, 9.17) is 4.74 Å². The molecular weight excluding hydrogens is 164 g/mol. The molecule has 0 fully saturated rings. The first-order valence-electron chi connectivity index (χ1n) is 5.11. The Morgan fingerprint density at radius 2 is 1.92 bits per heavy atom. The lowest BCUT2D eigenvalue weighted by Gasteiger charge is -2.23. The van der Waals surface area contributed by atoms with Gasteiger partial charge in [0.2, 0.25) is 0 Å². The molecule has 0 aromatic carbocycles. The fourth-order valence-corrected chi connectivity index (χ4v) is 0.927. The zero-order chi connectivity index (χ0) is 10.3. The van der Waals surface area contributed by atoms with Crippen LogP contribution in [0.25, 0.3) is 0 Å². The maximum Gasteiger partial charge on any atom is 0.129 e. The minimum Gasteiger partial charge on any atom is -0.376 e. The molecule has 0 heterocycles. The maximum absolute atomic E-state index is 10.6. The molecule has 0 spiro atoms. The van der Waals surface area contributed by atoms with Crippen LogP contribution in [-0.4, -0.2) is 18.0 Å². The Kier molecular flexibility index (Phi) is 5.97. The van der Waals surface area contributed by atoms with Crippen LogP contribution in [0.3, 0.4) is 0 Å². The third-order valence-corrected chi connectivity index (χ3v) is 2.27. The Bertz CT molecular complexity index is 150. The molecule has 13 heavy (non-hydrogen) atoms. The van der Waals surface area contributed by atoms with Gasteiger partial charge in [0.25, 0.3) is 0 Å². The fraction of sp³-hybridized carbons (Fsp3) is 0.909. The standard InChI is InChI=1S/C11H22O2/c1-5-11(3,4)13-9-7-6-8-10(2)12/h5-9H2,1-4H3. The highest BCUT2D eigenvalue weighted by atomic mass is 16.5. The van der Waals surface area contributed by atoms with E-state index in [0.717, 1.165) is 25.9 Å². The van der Waals surface area contributed by atoms with E-state index >= 15 is 0 Å². The lowest BCUT2D eigenvalue weighted by atomic mass is 10.1. The summed E-state index contributed by atoms with van der Waals surface area (Å²) in [6.45, 7) is 8.72. The first kappa shape index (κ1) is 12.6. The van der Waals surface area contributed by atoms with Crippen molar-refractivity contribution in [2.75, 3.05) is 6.61 Å². The number of ether oxygens (including phenoxy) is 1. The van der Waals surface area contributed by atoms with Crippen molar-refractivity contribution < 1.29 is 9.53 Å². The lowest BCUT2D eigenvalue weighted by molar-refractivity contribution is -0.117. The van der Waals surface area contributed by atoms with E-state index in [0.29, 0.717) is 6.42 Å². The van der Waals surface area contributed by atoms with Gasteiger partial charge in [-0.1, -0.05) is 6.92 Å². The monoisotopic (exact) mass is 186 g/mol. The summed E-state index contributed by atoms with van der Waals surface area (Å²) >= 11 is 0. The molecule has 0 unspecified atom stereocenters. The van der Waals surface area contributed by atoms with E-state index in [2.05, 4.69) is 20.8 Å². The SMILES string of the molecule is CCC(C)(C)OCCCCC(C)=O. The van der Waals surface area contributed by atoms with Crippen molar-refractivity contribution in [1.29, 1.82) is 0 Å². The molecule has 0 bridgehead atoms. The lowest BCUT2D eigenvalue weighted by Crippen LogP contribution is -2.23. The third kappa shape index (κ3) is 7.97. The van der Waals surface area contributed by atoms with Crippen LogP contribution < -0.4 is 0 Å². The van der Waals surface area contributed by atoms with E-state index in [1.807, 2.05) is 0 Å². The van der Waals surface area contributed by atoms with Gasteiger partial charge in [-0.15, -0.1) is 0 Å². The summed E-state index contributed by atoms with van der Waals surface area (Å²) in [6.07, 6.45) is 3.66. The molecule has 0 saturated carbocycles. The molecule has 0 aromatic rings. The summed E-state index contributed by atoms with van der Waals surface area (Å²) in [7, 11) is 0. The molecular formula is C11H22O2. The molecule has 0 rings (SSSR count). The highest BCUT2D eigenvalue weighted by Gasteiger charge is 2.14. The average molecular weight is 186 g/mol. The molecule has 0 aliphatic heterocycles. The Hall–Kier alpha value is -0.370. The van der Waals surface area contributed by atoms with Gasteiger partial charge in [0.1, 0.15) is 5.78 Å². The summed E-state index contributed by atoms with van der Waals surface area (Å²) in [5, 5.41) is 0. The normalized spacial score (nSPS) is 11.7. The molecule has 0 amide bonds. The summed E-state index contributed by atoms with van der Waals surface area (Å²) in [5.74, 6) is 0.273. The van der Waals surface area contributed by atoms with E-state index in [-0.39, 0.29) is 11.4 Å². The van der Waals surface area contributed by atoms with Gasteiger partial charge in [0.05, 0.1) is 5.60 Å². The molecule has 0 aromatic heterocycles. The van der Waals surface area contributed by atoms with Crippen LogP contribution in [0.4, 0.5) is 0 Å². The second kappa shape index (κ2) is 6.14. The molecule has 0 saturated heterocycles. The van der Waals surface area contributed by atoms with Crippen LogP contribution in [0.5, 0.6) is 0 Å². The van der Waals surface area contributed by atoms with Crippen LogP contribution >= 0.6 is 0 Å². The number of Topliss-reactive ketones (excluding diaryl/α,β-unsaturated/α-hetero) is 1. The van der Waals surface area contributed by atoms with Crippen LogP contribution in [0.1, 0.15) is 53.4 Å². The Morgan fingerprint density at radius 1 is 1.31 bits per heavy atom. The fourth-order valence-electron chi connectivity index (χ4n) is 0.927. The topological polar surface area (TPSA) is 26.3 Å². The number of carbonyl (C=O) groups excluding carboxylic acids is 1. The van der Waals surface area contributed by atoms with Gasteiger partial charge < -0.3 is 9.53 Å². The number of hydrogen-bond acceptors (Lipinski definition) is 2. The molecule has 0 atom stereocenters. The molecule has 0 radical (unpaired) electrons. The highest BCUT2D eigenvalue weighted by molar-refractivity contribution is 5.75. The summed E-state index contributed by atoms with van der Waals surface area (Å²) < 4.78 is 5.65. The van der Waals surface area contributed by atoms with Crippen molar-refractivity contribution in [3.8, 4) is 0 Å². The summed E-state index contributed by atoms with van der Waals surface area (Å²) in [4.78, 5) is 10.6. The number of ketones is 1. The Labute approximate surface area is 81.7 Å². The third-order valence-electron chi connectivity index (χ3n) is 2.27. The molecule has 0 aliphatic rings. The Balaban J connectivity index is 3.30. The van der Waals surface area contributed by atoms with Crippen molar-refractivity contribution in [3.63, 3.8) is 0 Å². The predicted octanol–water partition coefficient (Wildman–Crippen LogP) is 2.95. The van der Waals surface area contributed by atoms with Gasteiger partial charge in [-0.25, -0.2) is 0 Å². The zero-order valence-electron chi connectivity index (χ0n) is 9.35. The van der Waals surface area contributed by atoms with E-state index in [1.54, 1.807) is 6.92 Å². The first-order chi connectivity index (χ1) is 5.98. The number of hydrogen-bond donors (Lipinski definition) is 0. The van der Waals surface area contributed by atoms with Crippen molar-refractivity contribution >= 4 is 5.78 Å². The van der Waals surface area contributed by atoms with Crippen molar-refractivity contribution in [2.45, 2.75) is 59.0 Å². The second-order valence-corrected chi connectivity index (χ2v) is 4.12. The maximum atomic E-state index is 10.6. The largest absolute Gasteiger partial charge is 0.376 e. The van der Waals surface area contributed by atoms with Gasteiger partial charge >= 0.3 is 0 Å². The molecule has 0 N–H and O–H groups in total. The molecule has 2 nitrogen and oxygen atoms in total. The van der Waals surface area contributed by atoms with Crippen molar-refractivity contribution in [1.82, 2.24) is 0 Å². The van der Waals surface area contributed by atoms with Gasteiger partial charge in [0.15, 0.2) is 0 Å². The zero-order valence-corrected chi connectivity index (χ0v) is 9.35. The van der Waals surface area contributed by atoms with Crippen LogP contribution in [0.15, 0.2) is 0 Å². The van der Waals surface area contributed by atoms with Crippen LogP contribution in [-0.2, 0) is 9.53 Å². The highest BCUT2D eigenvalue weighted by Crippen LogP contribution is 2.14. The predicted molar refractivity (Wildman–Crippen MR) is 54.9 cm³/mol. The van der Waals surface area contributed by atoms with E-state index in [9.17, 15) is 4.79 Å². The minimum atomic E-state index is -0.00375. The van der Waals surface area contributed by atoms with Crippen LogP contribution in [0, 0.1) is 0 Å². The second-order valence-electron chi connectivity index (χ2n) is 4.12. The first-order valence-corrected chi connectivity index (χ1v) is 5.11. The molecule has 78 valence electrons. The minimum absolute atomic E-state index is 0.00375. The summed E-state index contributed by atoms with van der Waals surface area (Å²) in [5.41, 5.74) is -0.00375. The average Bonchev–Trinajstić information content (AvgIpc) is 2.03. The molecule has 0 aliphatic carbocycles. The van der Waals surface area contributed by atoms with Crippen molar-refractivity contribution in [2.24, 2.45) is 0 Å². The molecule has 2 heteroatoms. The summed E-state index contributed by atoms with van der Waals surface area (Å²) in [6, 6.07) is 0. The van der Waals surface area contributed by atoms with E-state index < -0.39 is 0 Å². The quantitative estimate of drug-likeness (QED) is 0.571. The smallest absolute Gasteiger partial charge is 0.129 e. The van der Waals surface area contributed by atoms with Gasteiger partial charge in [-0.05, 0) is 40.0 Å². The van der Waals surface area contributed by atoms with Crippen molar-refractivity contribution in [3.05, 3.63) is 0 Å². The van der Waals surface area contributed by atoms with Gasteiger partial charge in [0, 0.05) is 13.0 Å². The van der Waals surface area contributed by atoms with Crippen LogP contribution in [0.2, 0.25) is 0 Å². The van der Waals surface area contributed by atoms with Gasteiger partial charge in [-0.2, -0.15) is 0 Å². The number of rotatable bonds is 7. The number of carbonyl (C=O) groups is 1. The van der Waals surface area contributed by atoms with E-state index in [1.165, 1.54) is 0 Å². The number of unbranched alkanes of at least 4 members (excludes halogenated alkanes) is 1.